The molecule has 3 nitrogen and oxygen atoms in total. The Morgan fingerprint density at radius 1 is 0.607 bits per heavy atom. The Kier molecular flexibility index (Phi) is 5.25. The van der Waals surface area contributed by atoms with E-state index >= 15 is 0 Å². The summed E-state index contributed by atoms with van der Waals surface area (Å²) in [7, 11) is 0. The molecular formula is C25H22N2O. The van der Waals surface area contributed by atoms with Gasteiger partial charge < -0.3 is 15.4 Å². The highest BCUT2D eigenvalue weighted by molar-refractivity contribution is 5.78. The topological polar surface area (TPSA) is 38.5 Å². The van der Waals surface area contributed by atoms with Crippen LogP contribution in [0.25, 0.3) is 0 Å². The minimum absolute atomic E-state index is 0.469. The molecule has 0 saturated heterocycles. The van der Waals surface area contributed by atoms with Gasteiger partial charge in [-0.15, -0.1) is 0 Å². The molecule has 0 amide bonds. The van der Waals surface area contributed by atoms with Crippen LogP contribution in [0.2, 0.25) is 0 Å². The zero-order valence-electron chi connectivity index (χ0n) is 15.5. The van der Waals surface area contributed by atoms with Crippen molar-refractivity contribution >= 4 is 22.7 Å². The summed E-state index contributed by atoms with van der Waals surface area (Å²) in [5, 5.41) is 0. The normalized spacial score (nSPS) is 10.4. The average Bonchev–Trinajstić information content (AvgIpc) is 2.76. The van der Waals surface area contributed by atoms with Gasteiger partial charge >= 0.3 is 0 Å². The van der Waals surface area contributed by atoms with E-state index in [1.165, 1.54) is 0 Å². The Morgan fingerprint density at radius 2 is 1.14 bits per heavy atom. The molecule has 0 atom stereocenters. The molecule has 3 heteroatoms. The number of ether oxygens (including phenoxy) is 1. The Bertz CT molecular complexity index is 976. The number of para-hydroxylation sites is 3. The van der Waals surface area contributed by atoms with E-state index < -0.39 is 0 Å². The lowest BCUT2D eigenvalue weighted by Crippen LogP contribution is -2.13. The number of benzene rings is 4. The fraction of sp³-hybridized carbons (Fsp3) is 0.0400. The van der Waals surface area contributed by atoms with Gasteiger partial charge in [-0.2, -0.15) is 0 Å². The summed E-state index contributed by atoms with van der Waals surface area (Å²) in [6.07, 6.45) is 0. The van der Waals surface area contributed by atoms with Gasteiger partial charge in [0.1, 0.15) is 12.4 Å². The maximum atomic E-state index is 6.03. The third-order valence-electron chi connectivity index (χ3n) is 4.54. The highest BCUT2D eigenvalue weighted by Crippen LogP contribution is 2.36. The number of anilines is 4. The molecule has 0 bridgehead atoms. The number of hydrogen-bond acceptors (Lipinski definition) is 3. The van der Waals surface area contributed by atoms with Gasteiger partial charge in [-0.3, -0.25) is 0 Å². The van der Waals surface area contributed by atoms with Gasteiger partial charge in [-0.25, -0.2) is 0 Å². The van der Waals surface area contributed by atoms with Gasteiger partial charge in [0.25, 0.3) is 0 Å². The zero-order chi connectivity index (χ0) is 19.2. The second-order valence-electron chi connectivity index (χ2n) is 6.49. The van der Waals surface area contributed by atoms with Gasteiger partial charge in [-0.1, -0.05) is 54.6 Å². The maximum absolute atomic E-state index is 6.03. The number of nitrogens with two attached hydrogens (primary N) is 1. The van der Waals surface area contributed by atoms with Crippen LogP contribution in [0.1, 0.15) is 5.56 Å². The fourth-order valence-electron chi connectivity index (χ4n) is 3.16. The van der Waals surface area contributed by atoms with Crippen molar-refractivity contribution in [3.63, 3.8) is 0 Å². The van der Waals surface area contributed by atoms with Crippen LogP contribution in [0, 0.1) is 0 Å². The van der Waals surface area contributed by atoms with Crippen molar-refractivity contribution in [2.75, 3.05) is 10.6 Å². The van der Waals surface area contributed by atoms with E-state index in [1.807, 2.05) is 42.5 Å². The minimum Gasteiger partial charge on any atom is -0.489 e. The van der Waals surface area contributed by atoms with Crippen LogP contribution in [0.4, 0.5) is 22.7 Å². The predicted octanol–water partition coefficient (Wildman–Crippen LogP) is 6.32. The van der Waals surface area contributed by atoms with Crippen LogP contribution >= 0.6 is 0 Å². The van der Waals surface area contributed by atoms with E-state index in [4.69, 9.17) is 10.5 Å². The second-order valence-corrected chi connectivity index (χ2v) is 6.49. The molecular weight excluding hydrogens is 344 g/mol. The second kappa shape index (κ2) is 8.31. The Morgan fingerprint density at radius 3 is 1.75 bits per heavy atom. The molecule has 0 spiro atoms. The van der Waals surface area contributed by atoms with E-state index in [0.717, 1.165) is 34.1 Å². The number of hydrogen-bond donors (Lipinski definition) is 1. The summed E-state index contributed by atoms with van der Waals surface area (Å²) in [6.45, 7) is 0.469. The lowest BCUT2D eigenvalue weighted by molar-refractivity contribution is 0.306. The van der Waals surface area contributed by atoms with Crippen LogP contribution < -0.4 is 15.4 Å². The molecule has 4 aromatic rings. The molecule has 0 aromatic heterocycles. The van der Waals surface area contributed by atoms with E-state index in [-0.39, 0.29) is 0 Å². The van der Waals surface area contributed by atoms with Crippen molar-refractivity contribution in [2.24, 2.45) is 0 Å². The van der Waals surface area contributed by atoms with Crippen LogP contribution in [-0.4, -0.2) is 0 Å². The monoisotopic (exact) mass is 366 g/mol. The number of nitrogen functional groups attached to an aromatic ring is 1. The maximum Gasteiger partial charge on any atom is 0.119 e. The molecule has 138 valence electrons. The highest BCUT2D eigenvalue weighted by atomic mass is 16.5. The smallest absolute Gasteiger partial charge is 0.119 e. The molecule has 2 N–H and O–H groups in total. The first-order valence-electron chi connectivity index (χ1n) is 9.28. The average molecular weight is 366 g/mol. The SMILES string of the molecule is Nc1ccc(OCc2ccccc2N(c2ccccc2)c2ccccc2)cc1. The summed E-state index contributed by atoms with van der Waals surface area (Å²) < 4.78 is 6.03. The van der Waals surface area contributed by atoms with Gasteiger partial charge in [0.2, 0.25) is 0 Å². The molecule has 0 heterocycles. The van der Waals surface area contributed by atoms with E-state index in [1.54, 1.807) is 0 Å². The lowest BCUT2D eigenvalue weighted by Gasteiger charge is -2.27. The summed E-state index contributed by atoms with van der Waals surface area (Å²) in [5.41, 5.74) is 10.9. The fourth-order valence-corrected chi connectivity index (χ4v) is 3.16. The first-order valence-corrected chi connectivity index (χ1v) is 9.28. The molecule has 0 saturated carbocycles. The van der Waals surface area contributed by atoms with E-state index in [0.29, 0.717) is 6.61 Å². The quantitative estimate of drug-likeness (QED) is 0.406. The van der Waals surface area contributed by atoms with Crippen molar-refractivity contribution < 1.29 is 4.74 Å². The molecule has 0 aliphatic carbocycles. The van der Waals surface area contributed by atoms with Crippen LogP contribution in [0.15, 0.2) is 109 Å². The van der Waals surface area contributed by atoms with Crippen molar-refractivity contribution in [1.82, 2.24) is 0 Å². The number of rotatable bonds is 6. The largest absolute Gasteiger partial charge is 0.489 e. The van der Waals surface area contributed by atoms with Crippen molar-refractivity contribution in [2.45, 2.75) is 6.61 Å². The van der Waals surface area contributed by atoms with E-state index in [2.05, 4.69) is 71.6 Å². The summed E-state index contributed by atoms with van der Waals surface area (Å²) in [5.74, 6) is 0.801. The van der Waals surface area contributed by atoms with E-state index in [9.17, 15) is 0 Å². The lowest BCUT2D eigenvalue weighted by atomic mass is 10.1. The Labute approximate surface area is 165 Å². The van der Waals surface area contributed by atoms with Gasteiger partial charge in [0.15, 0.2) is 0 Å². The number of nitrogens with zero attached hydrogens (tertiary/aromatic N) is 1. The summed E-state index contributed by atoms with van der Waals surface area (Å²) in [6, 6.07) is 36.6. The molecule has 4 aromatic carbocycles. The molecule has 0 aliphatic heterocycles. The summed E-state index contributed by atoms with van der Waals surface area (Å²) in [4.78, 5) is 2.25. The predicted molar refractivity (Wildman–Crippen MR) is 116 cm³/mol. The molecule has 0 unspecified atom stereocenters. The minimum atomic E-state index is 0.469. The molecule has 4 rings (SSSR count). The summed E-state index contributed by atoms with van der Waals surface area (Å²) >= 11 is 0. The third-order valence-corrected chi connectivity index (χ3v) is 4.54. The molecule has 0 fully saturated rings. The van der Waals surface area contributed by atoms with Gasteiger partial charge in [0.05, 0.1) is 5.69 Å². The molecule has 0 radical (unpaired) electrons. The molecule has 0 aliphatic rings. The van der Waals surface area contributed by atoms with Crippen LogP contribution in [0.3, 0.4) is 0 Å². The van der Waals surface area contributed by atoms with Crippen molar-refractivity contribution in [1.29, 1.82) is 0 Å². The van der Waals surface area contributed by atoms with Crippen molar-refractivity contribution in [3.8, 4) is 5.75 Å². The first kappa shape index (κ1) is 17.7. The molecule has 28 heavy (non-hydrogen) atoms. The first-order chi connectivity index (χ1) is 13.8. The van der Waals surface area contributed by atoms with Gasteiger partial charge in [0, 0.05) is 22.6 Å². The van der Waals surface area contributed by atoms with Crippen LogP contribution in [-0.2, 0) is 6.61 Å². The Balaban J connectivity index is 1.70. The van der Waals surface area contributed by atoms with Crippen molar-refractivity contribution in [3.05, 3.63) is 115 Å². The Hall–Kier alpha value is -3.72. The third kappa shape index (κ3) is 3.99. The zero-order valence-corrected chi connectivity index (χ0v) is 15.5. The highest BCUT2D eigenvalue weighted by Gasteiger charge is 2.15. The van der Waals surface area contributed by atoms with Crippen LogP contribution in [0.5, 0.6) is 5.75 Å². The van der Waals surface area contributed by atoms with Gasteiger partial charge in [-0.05, 0) is 54.6 Å². The standard InChI is InChI=1S/C25H22N2O/c26-21-15-17-24(18-16-21)28-19-20-9-7-8-14-25(20)27(22-10-3-1-4-11-22)23-12-5-2-6-13-23/h1-18H,19,26H2.